The van der Waals surface area contributed by atoms with Gasteiger partial charge in [-0.2, -0.15) is 0 Å². The van der Waals surface area contributed by atoms with E-state index in [4.69, 9.17) is 9.47 Å². The van der Waals surface area contributed by atoms with E-state index in [0.29, 0.717) is 16.9 Å². The van der Waals surface area contributed by atoms with Crippen molar-refractivity contribution in [1.29, 1.82) is 0 Å². The van der Waals surface area contributed by atoms with E-state index < -0.39 is 5.97 Å². The molecule has 4 nitrogen and oxygen atoms in total. The molecule has 31 heavy (non-hydrogen) atoms. The van der Waals surface area contributed by atoms with Crippen molar-refractivity contribution >= 4 is 11.8 Å². The van der Waals surface area contributed by atoms with Crippen LogP contribution in [0.1, 0.15) is 63.7 Å². The van der Waals surface area contributed by atoms with Gasteiger partial charge in [0.1, 0.15) is 11.5 Å². The minimum absolute atomic E-state index is 0.0407. The second kappa shape index (κ2) is 8.76. The Morgan fingerprint density at radius 1 is 0.742 bits per heavy atom. The molecular weight excluding hydrogens is 388 g/mol. The maximum Gasteiger partial charge on any atom is 0.343 e. The molecule has 0 saturated heterocycles. The summed E-state index contributed by atoms with van der Waals surface area (Å²) in [5.41, 5.74) is 5.01. The maximum absolute atomic E-state index is 12.5. The number of hydrogen-bond donors (Lipinski definition) is 0. The molecule has 0 spiro atoms. The van der Waals surface area contributed by atoms with Crippen LogP contribution < -0.4 is 9.47 Å². The molecule has 3 rings (SSSR count). The van der Waals surface area contributed by atoms with Crippen molar-refractivity contribution in [2.24, 2.45) is 0 Å². The molecule has 0 bridgehead atoms. The number of benzene rings is 3. The summed E-state index contributed by atoms with van der Waals surface area (Å²) in [7, 11) is 1.67. The van der Waals surface area contributed by atoms with E-state index >= 15 is 0 Å². The van der Waals surface area contributed by atoms with Gasteiger partial charge in [0.25, 0.3) is 0 Å². The standard InChI is InChI=1S/C27H28O4/c1-17-15-22(11-13-24(17)30-6)27(4,5)23-12-14-25(18(2)16-23)31-26(29)21-9-7-20(8-10-21)19(3)28/h7-16H,1-6H3. The number of ether oxygens (including phenoxy) is 2. The van der Waals surface area contributed by atoms with Gasteiger partial charge in [-0.3, -0.25) is 4.79 Å². The normalized spacial score (nSPS) is 11.2. The fourth-order valence-corrected chi connectivity index (χ4v) is 3.59. The van der Waals surface area contributed by atoms with Crippen molar-refractivity contribution in [1.82, 2.24) is 0 Å². The van der Waals surface area contributed by atoms with Gasteiger partial charge >= 0.3 is 5.97 Å². The highest BCUT2D eigenvalue weighted by atomic mass is 16.5. The number of methoxy groups -OCH3 is 1. The van der Waals surface area contributed by atoms with Crippen LogP contribution in [-0.4, -0.2) is 18.9 Å². The molecule has 0 heterocycles. The molecule has 0 aliphatic heterocycles. The van der Waals surface area contributed by atoms with Gasteiger partial charge in [0.2, 0.25) is 0 Å². The molecule has 0 amide bonds. The quantitative estimate of drug-likeness (QED) is 0.278. The summed E-state index contributed by atoms with van der Waals surface area (Å²) < 4.78 is 11.0. The molecule has 0 radical (unpaired) electrons. The summed E-state index contributed by atoms with van der Waals surface area (Å²) in [5, 5.41) is 0. The molecule has 0 aromatic heterocycles. The second-order valence-electron chi connectivity index (χ2n) is 8.31. The molecule has 160 valence electrons. The van der Waals surface area contributed by atoms with E-state index in [-0.39, 0.29) is 11.2 Å². The predicted octanol–water partition coefficient (Wildman–Crippen LogP) is 6.06. The van der Waals surface area contributed by atoms with Gasteiger partial charge in [-0.25, -0.2) is 4.79 Å². The van der Waals surface area contributed by atoms with Crippen molar-refractivity contribution < 1.29 is 19.1 Å². The van der Waals surface area contributed by atoms with Crippen molar-refractivity contribution in [3.05, 3.63) is 94.0 Å². The zero-order valence-electron chi connectivity index (χ0n) is 18.9. The van der Waals surface area contributed by atoms with Crippen LogP contribution in [0.5, 0.6) is 11.5 Å². The lowest BCUT2D eigenvalue weighted by atomic mass is 9.77. The van der Waals surface area contributed by atoms with E-state index in [1.54, 1.807) is 31.4 Å². The number of carbonyl (C=O) groups excluding carboxylic acids is 2. The van der Waals surface area contributed by atoms with Crippen molar-refractivity contribution in [2.75, 3.05) is 7.11 Å². The SMILES string of the molecule is COc1ccc(C(C)(C)c2ccc(OC(=O)c3ccc(C(C)=O)cc3)c(C)c2)cc1C. The number of carbonyl (C=O) groups is 2. The largest absolute Gasteiger partial charge is 0.496 e. The molecule has 0 aliphatic carbocycles. The van der Waals surface area contributed by atoms with Crippen LogP contribution in [0.2, 0.25) is 0 Å². The van der Waals surface area contributed by atoms with E-state index in [1.165, 1.54) is 12.5 Å². The van der Waals surface area contributed by atoms with Crippen LogP contribution in [0.3, 0.4) is 0 Å². The first-order valence-electron chi connectivity index (χ1n) is 10.2. The van der Waals surface area contributed by atoms with Gasteiger partial charge in [-0.15, -0.1) is 0 Å². The number of rotatable bonds is 6. The van der Waals surface area contributed by atoms with Gasteiger partial charge in [0.15, 0.2) is 5.78 Å². The summed E-state index contributed by atoms with van der Waals surface area (Å²) in [6, 6.07) is 18.6. The fourth-order valence-electron chi connectivity index (χ4n) is 3.59. The van der Waals surface area contributed by atoms with Crippen LogP contribution in [0.25, 0.3) is 0 Å². The molecule has 0 atom stereocenters. The Hall–Kier alpha value is -3.40. The Morgan fingerprint density at radius 2 is 1.23 bits per heavy atom. The third-order valence-corrected chi connectivity index (χ3v) is 5.74. The molecule has 0 fully saturated rings. The molecule has 0 N–H and O–H groups in total. The first kappa shape index (κ1) is 22.3. The Morgan fingerprint density at radius 3 is 1.68 bits per heavy atom. The summed E-state index contributed by atoms with van der Waals surface area (Å²) in [5.74, 6) is 0.900. The lowest BCUT2D eigenvalue weighted by molar-refractivity contribution is 0.0733. The number of ketones is 1. The molecule has 0 aliphatic rings. The van der Waals surface area contributed by atoms with Crippen LogP contribution in [0, 0.1) is 13.8 Å². The van der Waals surface area contributed by atoms with Crippen molar-refractivity contribution in [3.8, 4) is 11.5 Å². The van der Waals surface area contributed by atoms with Crippen LogP contribution in [0.15, 0.2) is 60.7 Å². The Bertz CT molecular complexity index is 1120. The maximum atomic E-state index is 12.5. The molecule has 0 saturated carbocycles. The first-order chi connectivity index (χ1) is 14.6. The lowest BCUT2D eigenvalue weighted by Crippen LogP contribution is -2.19. The molecule has 0 unspecified atom stereocenters. The van der Waals surface area contributed by atoms with Crippen molar-refractivity contribution in [2.45, 2.75) is 40.0 Å². The highest BCUT2D eigenvalue weighted by Crippen LogP contribution is 2.36. The number of aryl methyl sites for hydroxylation is 2. The van der Waals surface area contributed by atoms with Crippen LogP contribution >= 0.6 is 0 Å². The predicted molar refractivity (Wildman–Crippen MR) is 122 cm³/mol. The van der Waals surface area contributed by atoms with Gasteiger partial charge in [0.05, 0.1) is 12.7 Å². The highest BCUT2D eigenvalue weighted by Gasteiger charge is 2.25. The number of esters is 1. The lowest BCUT2D eigenvalue weighted by Gasteiger charge is -2.27. The molecule has 3 aromatic rings. The Labute approximate surface area is 183 Å². The Kier molecular flexibility index (Phi) is 6.30. The van der Waals surface area contributed by atoms with E-state index in [9.17, 15) is 9.59 Å². The third-order valence-electron chi connectivity index (χ3n) is 5.74. The molecular formula is C27H28O4. The van der Waals surface area contributed by atoms with Gasteiger partial charge in [0, 0.05) is 11.0 Å². The van der Waals surface area contributed by atoms with Gasteiger partial charge in [-0.1, -0.05) is 50.2 Å². The molecule has 4 heteroatoms. The second-order valence-corrected chi connectivity index (χ2v) is 8.31. The zero-order chi connectivity index (χ0) is 22.8. The smallest absolute Gasteiger partial charge is 0.343 e. The third kappa shape index (κ3) is 4.69. The minimum Gasteiger partial charge on any atom is -0.496 e. The number of Topliss-reactive ketones (excluding diaryl/α,β-unsaturated/α-hetero) is 1. The molecule has 3 aromatic carbocycles. The van der Waals surface area contributed by atoms with Crippen LogP contribution in [-0.2, 0) is 5.41 Å². The zero-order valence-corrected chi connectivity index (χ0v) is 18.9. The summed E-state index contributed by atoms with van der Waals surface area (Å²) in [6.45, 7) is 9.80. The summed E-state index contributed by atoms with van der Waals surface area (Å²) in [4.78, 5) is 23.9. The van der Waals surface area contributed by atoms with Gasteiger partial charge in [-0.05, 0) is 67.3 Å². The average Bonchev–Trinajstić information content (AvgIpc) is 2.75. The fraction of sp³-hybridized carbons (Fsp3) is 0.259. The number of hydrogen-bond acceptors (Lipinski definition) is 4. The topological polar surface area (TPSA) is 52.6 Å². The van der Waals surface area contributed by atoms with Crippen molar-refractivity contribution in [3.63, 3.8) is 0 Å². The van der Waals surface area contributed by atoms with Crippen LogP contribution in [0.4, 0.5) is 0 Å². The van der Waals surface area contributed by atoms with E-state index in [1.807, 2.05) is 32.0 Å². The summed E-state index contributed by atoms with van der Waals surface area (Å²) in [6.07, 6.45) is 0. The minimum atomic E-state index is -0.448. The summed E-state index contributed by atoms with van der Waals surface area (Å²) >= 11 is 0. The highest BCUT2D eigenvalue weighted by molar-refractivity contribution is 5.96. The Balaban J connectivity index is 1.82. The average molecular weight is 417 g/mol. The van der Waals surface area contributed by atoms with Gasteiger partial charge < -0.3 is 9.47 Å². The monoisotopic (exact) mass is 416 g/mol. The van der Waals surface area contributed by atoms with E-state index in [2.05, 4.69) is 32.0 Å². The first-order valence-corrected chi connectivity index (χ1v) is 10.2. The van der Waals surface area contributed by atoms with E-state index in [0.717, 1.165) is 22.4 Å².